The van der Waals surface area contributed by atoms with E-state index in [0.29, 0.717) is 10.6 Å². The van der Waals surface area contributed by atoms with Crippen molar-refractivity contribution in [2.75, 3.05) is 0 Å². The third-order valence-corrected chi connectivity index (χ3v) is 7.02. The molecule has 3 amide bonds. The number of fused-ring (bicyclic) bond motifs is 5. The first kappa shape index (κ1) is 20.6. The monoisotopic (exact) mass is 448 g/mol. The number of Topliss-reactive ketones (excluding diaryl/α,β-unsaturated/α-hetero) is 1. The van der Waals surface area contributed by atoms with Gasteiger partial charge in [0.15, 0.2) is 5.78 Å². The molecule has 2 fully saturated rings. The number of allylic oxidation sites excluding steroid dienone is 2. The Morgan fingerprint density at radius 2 is 1.47 bits per heavy atom. The smallest absolute Gasteiger partial charge is 0.273 e. The summed E-state index contributed by atoms with van der Waals surface area (Å²) >= 11 is 5.96. The average Bonchev–Trinajstić information content (AvgIpc) is 3.49. The minimum Gasteiger partial charge on any atom is -0.292 e. The van der Waals surface area contributed by atoms with E-state index >= 15 is 0 Å². The molecule has 2 aromatic rings. The van der Waals surface area contributed by atoms with Gasteiger partial charge >= 0.3 is 0 Å². The molecule has 1 saturated carbocycles. The van der Waals surface area contributed by atoms with E-state index in [1.54, 1.807) is 49.4 Å². The Balaban J connectivity index is 1.55. The Kier molecular flexibility index (Phi) is 4.97. The zero-order chi connectivity index (χ0) is 22.6. The number of nitrogens with zero attached hydrogens (tertiary/aromatic N) is 2. The molecule has 6 nitrogen and oxygen atoms in total. The van der Waals surface area contributed by atoms with Crippen LogP contribution in [0, 0.1) is 23.7 Å². The van der Waals surface area contributed by atoms with Crippen molar-refractivity contribution in [3.63, 3.8) is 0 Å². The molecule has 162 valence electrons. The molecule has 3 aliphatic rings. The third-order valence-electron chi connectivity index (χ3n) is 6.77. The first-order valence-electron chi connectivity index (χ1n) is 10.6. The van der Waals surface area contributed by atoms with Crippen molar-refractivity contribution >= 4 is 35.1 Å². The van der Waals surface area contributed by atoms with Crippen molar-refractivity contribution < 1.29 is 19.2 Å². The second-order valence-corrected chi connectivity index (χ2v) is 8.99. The lowest BCUT2D eigenvalue weighted by Crippen LogP contribution is -2.56. The summed E-state index contributed by atoms with van der Waals surface area (Å²) in [5.41, 5.74) is 0.635. The lowest BCUT2D eigenvalue weighted by molar-refractivity contribution is -0.157. The summed E-state index contributed by atoms with van der Waals surface area (Å²) < 4.78 is 0. The van der Waals surface area contributed by atoms with E-state index in [1.165, 1.54) is 12.1 Å². The van der Waals surface area contributed by atoms with Crippen LogP contribution in [0.1, 0.15) is 34.1 Å². The molecule has 5 atom stereocenters. The second-order valence-electron chi connectivity index (χ2n) is 8.55. The minimum absolute atomic E-state index is 0.000866. The summed E-state index contributed by atoms with van der Waals surface area (Å²) in [4.78, 5) is 53.7. The molecular formula is C25H21ClN2O4. The molecule has 0 spiro atoms. The summed E-state index contributed by atoms with van der Waals surface area (Å²) in [6.07, 6.45) is 4.76. The predicted octanol–water partition coefficient (Wildman–Crippen LogP) is 3.78. The summed E-state index contributed by atoms with van der Waals surface area (Å²) in [5, 5.41) is 2.43. The van der Waals surface area contributed by atoms with Gasteiger partial charge in [0.1, 0.15) is 6.04 Å². The summed E-state index contributed by atoms with van der Waals surface area (Å²) in [7, 11) is 0. The van der Waals surface area contributed by atoms with Gasteiger partial charge in [0.25, 0.3) is 17.7 Å². The number of hydrazine groups is 1. The van der Waals surface area contributed by atoms with Gasteiger partial charge in [-0.05, 0) is 49.4 Å². The minimum atomic E-state index is -1.06. The molecule has 0 unspecified atom stereocenters. The molecule has 1 saturated heterocycles. The molecule has 1 heterocycles. The molecular weight excluding hydrogens is 428 g/mol. The van der Waals surface area contributed by atoms with Crippen molar-refractivity contribution in [3.8, 4) is 0 Å². The van der Waals surface area contributed by atoms with E-state index in [1.807, 2.05) is 12.2 Å². The molecule has 0 N–H and O–H groups in total. The van der Waals surface area contributed by atoms with Gasteiger partial charge in [0, 0.05) is 16.1 Å². The molecule has 32 heavy (non-hydrogen) atoms. The van der Waals surface area contributed by atoms with Crippen molar-refractivity contribution in [1.29, 1.82) is 0 Å². The fourth-order valence-corrected chi connectivity index (χ4v) is 5.34. The van der Waals surface area contributed by atoms with Crippen LogP contribution in [0.3, 0.4) is 0 Å². The highest BCUT2D eigenvalue weighted by Crippen LogP contribution is 2.53. The Hall–Kier alpha value is -3.25. The Labute approximate surface area is 190 Å². The van der Waals surface area contributed by atoms with E-state index in [2.05, 4.69) is 0 Å². The molecule has 2 aliphatic carbocycles. The Morgan fingerprint density at radius 1 is 0.906 bits per heavy atom. The first-order valence-corrected chi connectivity index (χ1v) is 11.0. The van der Waals surface area contributed by atoms with Crippen molar-refractivity contribution in [2.45, 2.75) is 19.4 Å². The molecule has 1 aliphatic heterocycles. The highest BCUT2D eigenvalue weighted by atomic mass is 35.5. The van der Waals surface area contributed by atoms with Crippen LogP contribution in [0.5, 0.6) is 0 Å². The number of halogens is 1. The average molecular weight is 449 g/mol. The number of hydrogen-bond donors (Lipinski definition) is 0. The van der Waals surface area contributed by atoms with E-state index in [4.69, 9.17) is 11.6 Å². The maximum Gasteiger partial charge on any atom is 0.273 e. The molecule has 7 heteroatoms. The van der Waals surface area contributed by atoms with Crippen molar-refractivity contribution in [3.05, 3.63) is 82.9 Å². The van der Waals surface area contributed by atoms with Gasteiger partial charge in [-0.15, -0.1) is 0 Å². The Morgan fingerprint density at radius 3 is 2.03 bits per heavy atom. The number of imide groups is 1. The maximum absolute atomic E-state index is 13.6. The Bertz CT molecular complexity index is 1110. The molecule has 2 bridgehead atoms. The van der Waals surface area contributed by atoms with Gasteiger partial charge in [-0.1, -0.05) is 54.1 Å². The van der Waals surface area contributed by atoms with Gasteiger partial charge in [0.05, 0.1) is 11.8 Å². The summed E-state index contributed by atoms with van der Waals surface area (Å²) in [6, 6.07) is 13.6. The highest BCUT2D eigenvalue weighted by Gasteiger charge is 2.61. The van der Waals surface area contributed by atoms with Crippen LogP contribution in [-0.4, -0.2) is 39.6 Å². The topological polar surface area (TPSA) is 74.8 Å². The number of rotatable bonds is 5. The van der Waals surface area contributed by atoms with Gasteiger partial charge in [0.2, 0.25) is 0 Å². The molecule has 0 aromatic heterocycles. The fourth-order valence-electron chi connectivity index (χ4n) is 5.22. The van der Waals surface area contributed by atoms with Crippen LogP contribution >= 0.6 is 11.6 Å². The summed E-state index contributed by atoms with van der Waals surface area (Å²) in [6.45, 7) is 1.55. The quantitative estimate of drug-likeness (QED) is 0.396. The van der Waals surface area contributed by atoms with Gasteiger partial charge in [-0.3, -0.25) is 19.2 Å². The zero-order valence-corrected chi connectivity index (χ0v) is 18.1. The van der Waals surface area contributed by atoms with Gasteiger partial charge < -0.3 is 0 Å². The van der Waals surface area contributed by atoms with Crippen molar-refractivity contribution in [2.24, 2.45) is 23.7 Å². The lowest BCUT2D eigenvalue weighted by atomic mass is 9.85. The fraction of sp³-hybridized carbons (Fsp3) is 0.280. The normalized spacial score (nSPS) is 26.4. The standard InChI is InChI=1S/C25H21ClN2O4/c1-14(22(29)15-5-3-2-4-6-15)27(23(30)16-9-11-19(26)12-10-16)28-24(31)20-17-7-8-18(13-17)21(20)25(28)32/h2-12,14,17-18,20-21H,13H2,1H3/t14-,17+,18+,20-,21+/m1/s1. The SMILES string of the molecule is C[C@H](C(=O)c1ccccc1)N(C(=O)c1ccc(Cl)cc1)N1C(=O)[C@@H]2[C@H](C1=O)[C@H]1C=C[C@H]2C1. The van der Waals surface area contributed by atoms with Crippen LogP contribution in [-0.2, 0) is 9.59 Å². The third kappa shape index (κ3) is 3.09. The number of carbonyl (C=O) groups is 4. The maximum atomic E-state index is 13.6. The number of hydrogen-bond acceptors (Lipinski definition) is 4. The highest BCUT2D eigenvalue weighted by molar-refractivity contribution is 6.30. The van der Waals surface area contributed by atoms with Crippen LogP contribution in [0.2, 0.25) is 5.02 Å². The van der Waals surface area contributed by atoms with E-state index in [0.717, 1.165) is 16.4 Å². The number of carbonyl (C=O) groups excluding carboxylic acids is 4. The number of benzene rings is 2. The number of ketones is 1. The van der Waals surface area contributed by atoms with Crippen LogP contribution < -0.4 is 0 Å². The van der Waals surface area contributed by atoms with Crippen LogP contribution in [0.15, 0.2) is 66.7 Å². The van der Waals surface area contributed by atoms with Crippen LogP contribution in [0.25, 0.3) is 0 Å². The summed E-state index contributed by atoms with van der Waals surface area (Å²) in [5.74, 6) is -2.72. The van der Waals surface area contributed by atoms with Crippen molar-refractivity contribution in [1.82, 2.24) is 10.0 Å². The van der Waals surface area contributed by atoms with Gasteiger partial charge in [-0.2, -0.15) is 5.01 Å². The lowest BCUT2D eigenvalue weighted by Gasteiger charge is -2.35. The van der Waals surface area contributed by atoms with Crippen LogP contribution in [0.4, 0.5) is 0 Å². The van der Waals surface area contributed by atoms with E-state index in [9.17, 15) is 19.2 Å². The molecule has 2 aromatic carbocycles. The zero-order valence-electron chi connectivity index (χ0n) is 17.4. The molecule has 0 radical (unpaired) electrons. The largest absolute Gasteiger partial charge is 0.292 e. The number of amides is 3. The second kappa shape index (κ2) is 7.71. The first-order chi connectivity index (χ1) is 15.4. The van der Waals surface area contributed by atoms with E-state index in [-0.39, 0.29) is 23.2 Å². The molecule has 5 rings (SSSR count). The van der Waals surface area contributed by atoms with E-state index < -0.39 is 35.6 Å². The van der Waals surface area contributed by atoms with Gasteiger partial charge in [-0.25, -0.2) is 5.01 Å². The predicted molar refractivity (Wildman–Crippen MR) is 117 cm³/mol.